The predicted octanol–water partition coefficient (Wildman–Crippen LogP) is 4.47. The molecule has 7 heteroatoms. The molecule has 1 unspecified atom stereocenters. The lowest BCUT2D eigenvalue weighted by Crippen LogP contribution is -2.45. The Kier molecular flexibility index (Phi) is 8.03. The molecule has 0 bridgehead atoms. The lowest BCUT2D eigenvalue weighted by molar-refractivity contribution is -0.138. The van der Waals surface area contributed by atoms with Crippen LogP contribution < -0.4 is 10.1 Å². The van der Waals surface area contributed by atoms with Crippen molar-refractivity contribution in [3.05, 3.63) is 95.8 Å². The van der Waals surface area contributed by atoms with Crippen LogP contribution in [0.2, 0.25) is 0 Å². The third-order valence-corrected chi connectivity index (χ3v) is 8.10. The molecule has 0 aliphatic carbocycles. The molecule has 2 fully saturated rings. The minimum atomic E-state index is -0.222. The minimum absolute atomic E-state index is 0.0928. The van der Waals surface area contributed by atoms with Crippen molar-refractivity contribution in [1.82, 2.24) is 20.1 Å². The van der Waals surface area contributed by atoms with Gasteiger partial charge in [-0.05, 0) is 80.2 Å². The van der Waals surface area contributed by atoms with Gasteiger partial charge in [0.05, 0.1) is 18.6 Å². The molecule has 1 aromatic heterocycles. The largest absolute Gasteiger partial charge is 0.497 e. The Morgan fingerprint density at radius 1 is 1.00 bits per heavy atom. The summed E-state index contributed by atoms with van der Waals surface area (Å²) in [5, 5.41) is 3.24. The number of hydrogen-bond donors (Lipinski definition) is 1. The summed E-state index contributed by atoms with van der Waals surface area (Å²) in [4.78, 5) is 35.0. The molecule has 38 heavy (non-hydrogen) atoms. The second-order valence-electron chi connectivity index (χ2n) is 10.4. The summed E-state index contributed by atoms with van der Waals surface area (Å²) in [6.07, 6.45) is 7.13. The highest BCUT2D eigenvalue weighted by Gasteiger charge is 2.47. The first kappa shape index (κ1) is 25.9. The zero-order valence-corrected chi connectivity index (χ0v) is 22.0. The van der Waals surface area contributed by atoms with Gasteiger partial charge in [-0.25, -0.2) is 0 Å². The summed E-state index contributed by atoms with van der Waals surface area (Å²) in [6.45, 7) is 4.14. The maximum atomic E-state index is 13.4. The molecule has 2 aliphatic heterocycles. The molecule has 3 aromatic rings. The zero-order chi connectivity index (χ0) is 26.4. The van der Waals surface area contributed by atoms with Crippen molar-refractivity contribution >= 4 is 11.8 Å². The summed E-state index contributed by atoms with van der Waals surface area (Å²) in [5.74, 6) is 0.934. The van der Waals surface area contributed by atoms with Gasteiger partial charge in [-0.15, -0.1) is 0 Å². The monoisotopic (exact) mass is 512 g/mol. The van der Waals surface area contributed by atoms with E-state index in [2.05, 4.69) is 27.3 Å². The van der Waals surface area contributed by atoms with E-state index in [0.29, 0.717) is 18.0 Å². The lowest BCUT2D eigenvalue weighted by atomic mass is 9.77. The van der Waals surface area contributed by atoms with Crippen molar-refractivity contribution < 1.29 is 14.3 Å². The van der Waals surface area contributed by atoms with Gasteiger partial charge < -0.3 is 19.9 Å². The Morgan fingerprint density at radius 3 is 2.42 bits per heavy atom. The van der Waals surface area contributed by atoms with Crippen LogP contribution in [0.3, 0.4) is 0 Å². The molecule has 1 N–H and O–H groups in total. The number of hydrogen-bond acceptors (Lipinski definition) is 5. The normalized spacial score (nSPS) is 17.9. The average Bonchev–Trinajstić information content (AvgIpc) is 3.26. The van der Waals surface area contributed by atoms with Gasteiger partial charge in [-0.3, -0.25) is 14.6 Å². The summed E-state index contributed by atoms with van der Waals surface area (Å²) >= 11 is 0. The standard InChI is InChI=1S/C31H36N4O3/c1-38-27-11-9-26(10-12-27)29(36)33-28(25-7-3-2-4-8-25)13-18-34-19-14-31(15-20-34)16-21-35(30(31)37)23-24-6-5-17-32-22-24/h2-12,17,22,28H,13-16,18-21,23H2,1H3,(H,33,36). The van der Waals surface area contributed by atoms with Crippen molar-refractivity contribution in [2.45, 2.75) is 38.3 Å². The van der Waals surface area contributed by atoms with Gasteiger partial charge >= 0.3 is 0 Å². The van der Waals surface area contributed by atoms with Crippen LogP contribution >= 0.6 is 0 Å². The fraction of sp³-hybridized carbons (Fsp3) is 0.387. The highest BCUT2D eigenvalue weighted by Crippen LogP contribution is 2.42. The van der Waals surface area contributed by atoms with Gasteiger partial charge in [-0.1, -0.05) is 36.4 Å². The molecule has 198 valence electrons. The fourth-order valence-electron chi connectivity index (χ4n) is 5.73. The van der Waals surface area contributed by atoms with Gasteiger partial charge in [0, 0.05) is 37.6 Å². The number of nitrogens with one attached hydrogen (secondary N) is 1. The van der Waals surface area contributed by atoms with Gasteiger partial charge in [0.15, 0.2) is 0 Å². The summed E-state index contributed by atoms with van der Waals surface area (Å²) in [5.41, 5.74) is 2.57. The maximum absolute atomic E-state index is 13.4. The second-order valence-corrected chi connectivity index (χ2v) is 10.4. The van der Waals surface area contributed by atoms with Crippen molar-refractivity contribution in [3.63, 3.8) is 0 Å². The number of benzene rings is 2. The van der Waals surface area contributed by atoms with E-state index >= 15 is 0 Å². The second kappa shape index (κ2) is 11.8. The molecule has 3 heterocycles. The number of pyridine rings is 1. The third kappa shape index (κ3) is 5.89. The summed E-state index contributed by atoms with van der Waals surface area (Å²) in [6, 6.07) is 21.2. The van der Waals surface area contributed by atoms with Crippen LogP contribution in [-0.4, -0.2) is 59.9 Å². The van der Waals surface area contributed by atoms with E-state index in [1.54, 1.807) is 37.6 Å². The summed E-state index contributed by atoms with van der Waals surface area (Å²) < 4.78 is 5.22. The lowest BCUT2D eigenvalue weighted by Gasteiger charge is -2.38. The fourth-order valence-corrected chi connectivity index (χ4v) is 5.73. The molecular formula is C31H36N4O3. The van der Waals surface area contributed by atoms with Crippen LogP contribution in [0.15, 0.2) is 79.1 Å². The number of methoxy groups -OCH3 is 1. The zero-order valence-electron chi connectivity index (χ0n) is 22.0. The van der Waals surface area contributed by atoms with Crippen LogP contribution in [-0.2, 0) is 11.3 Å². The molecule has 1 spiro atoms. The number of carbonyl (C=O) groups is 2. The maximum Gasteiger partial charge on any atom is 0.251 e. The first-order chi connectivity index (χ1) is 18.6. The Balaban J connectivity index is 1.17. The number of ether oxygens (including phenoxy) is 1. The molecule has 7 nitrogen and oxygen atoms in total. The molecule has 1 atom stereocenters. The number of aromatic nitrogens is 1. The van der Waals surface area contributed by atoms with Gasteiger partial charge in [0.2, 0.25) is 5.91 Å². The van der Waals surface area contributed by atoms with Crippen LogP contribution in [0.1, 0.15) is 53.2 Å². The predicted molar refractivity (Wildman–Crippen MR) is 147 cm³/mol. The van der Waals surface area contributed by atoms with Crippen molar-refractivity contribution in [1.29, 1.82) is 0 Å². The topological polar surface area (TPSA) is 74.8 Å². The number of likely N-dealkylation sites (tertiary alicyclic amines) is 2. The van der Waals surface area contributed by atoms with Crippen LogP contribution in [0.4, 0.5) is 0 Å². The SMILES string of the molecule is COc1ccc(C(=O)NC(CCN2CCC3(CC2)CCN(Cc2cccnc2)C3=O)c2ccccc2)cc1. The van der Waals surface area contributed by atoms with E-state index in [0.717, 1.165) is 68.7 Å². The Morgan fingerprint density at radius 2 is 1.74 bits per heavy atom. The third-order valence-electron chi connectivity index (χ3n) is 8.10. The molecule has 2 aliphatic rings. The number of nitrogens with zero attached hydrogens (tertiary/aromatic N) is 3. The van der Waals surface area contributed by atoms with Crippen LogP contribution in [0, 0.1) is 5.41 Å². The molecular weight excluding hydrogens is 476 g/mol. The van der Waals surface area contributed by atoms with Gasteiger partial charge in [-0.2, -0.15) is 0 Å². The van der Waals surface area contributed by atoms with E-state index in [1.165, 1.54) is 0 Å². The molecule has 2 saturated heterocycles. The van der Waals surface area contributed by atoms with Crippen molar-refractivity contribution in [2.75, 3.05) is 33.3 Å². The van der Waals surface area contributed by atoms with E-state index in [9.17, 15) is 9.59 Å². The first-order valence-electron chi connectivity index (χ1n) is 13.5. The Labute approximate surface area is 224 Å². The van der Waals surface area contributed by atoms with E-state index in [4.69, 9.17) is 4.74 Å². The van der Waals surface area contributed by atoms with Gasteiger partial charge in [0.25, 0.3) is 5.91 Å². The highest BCUT2D eigenvalue weighted by atomic mass is 16.5. The molecule has 2 amide bonds. The van der Waals surface area contributed by atoms with Gasteiger partial charge in [0.1, 0.15) is 5.75 Å². The Hall–Kier alpha value is -3.71. The smallest absolute Gasteiger partial charge is 0.251 e. The first-order valence-corrected chi connectivity index (χ1v) is 13.5. The molecule has 0 saturated carbocycles. The molecule has 5 rings (SSSR count). The van der Waals surface area contributed by atoms with Crippen LogP contribution in [0.5, 0.6) is 5.75 Å². The van der Waals surface area contributed by atoms with Crippen LogP contribution in [0.25, 0.3) is 0 Å². The average molecular weight is 513 g/mol. The molecule has 0 radical (unpaired) electrons. The van der Waals surface area contributed by atoms with E-state index in [1.807, 2.05) is 41.4 Å². The van der Waals surface area contributed by atoms with Crippen molar-refractivity contribution in [2.24, 2.45) is 5.41 Å². The van der Waals surface area contributed by atoms with E-state index in [-0.39, 0.29) is 17.4 Å². The number of piperidine rings is 1. The van der Waals surface area contributed by atoms with E-state index < -0.39 is 0 Å². The summed E-state index contributed by atoms with van der Waals surface area (Å²) in [7, 11) is 1.62. The Bertz CT molecular complexity index is 1210. The molecule has 2 aromatic carbocycles. The minimum Gasteiger partial charge on any atom is -0.497 e. The number of rotatable bonds is 9. The number of carbonyl (C=O) groups excluding carboxylic acids is 2. The van der Waals surface area contributed by atoms with Crippen molar-refractivity contribution in [3.8, 4) is 5.75 Å². The quantitative estimate of drug-likeness (QED) is 0.458. The number of amides is 2. The highest BCUT2D eigenvalue weighted by molar-refractivity contribution is 5.94.